The number of carbonyl (C=O) groups is 1. The number of aryl methyl sites for hydroxylation is 1. The number of anilines is 1. The van der Waals surface area contributed by atoms with Gasteiger partial charge < -0.3 is 10.0 Å². The van der Waals surface area contributed by atoms with Crippen LogP contribution in [0.5, 0.6) is 0 Å². The molecule has 1 unspecified atom stereocenters. The molecule has 1 spiro atoms. The highest BCUT2D eigenvalue weighted by Gasteiger charge is 2.59. The number of benzene rings is 1. The zero-order chi connectivity index (χ0) is 22.7. The first-order chi connectivity index (χ1) is 15.2. The van der Waals surface area contributed by atoms with Crippen LogP contribution in [-0.2, 0) is 10.2 Å². The Kier molecular flexibility index (Phi) is 5.18. The minimum atomic E-state index is -0.604. The lowest BCUT2D eigenvalue weighted by Gasteiger charge is -2.45. The molecule has 3 aliphatic rings. The van der Waals surface area contributed by atoms with E-state index in [1.807, 2.05) is 49.2 Å². The Balaban J connectivity index is 1.54. The summed E-state index contributed by atoms with van der Waals surface area (Å²) < 4.78 is 0. The fourth-order valence-corrected chi connectivity index (χ4v) is 5.87. The van der Waals surface area contributed by atoms with Gasteiger partial charge in [-0.15, -0.1) is 0 Å². The van der Waals surface area contributed by atoms with Crippen LogP contribution < -0.4 is 4.90 Å². The third kappa shape index (κ3) is 3.56. The van der Waals surface area contributed by atoms with E-state index in [4.69, 9.17) is 16.6 Å². The number of aliphatic imine (C=N–C) groups is 1. The molecule has 2 aromatic rings. The summed E-state index contributed by atoms with van der Waals surface area (Å²) in [5.74, 6) is 0.720. The number of aliphatic hydroxyl groups is 1. The lowest BCUT2D eigenvalue weighted by molar-refractivity contribution is -0.120. The first kappa shape index (κ1) is 21.6. The molecule has 5 nitrogen and oxygen atoms in total. The number of hydrogen-bond acceptors (Lipinski definition) is 4. The molecule has 0 bridgehead atoms. The normalized spacial score (nSPS) is 26.8. The predicted octanol–water partition coefficient (Wildman–Crippen LogP) is 5.38. The van der Waals surface area contributed by atoms with E-state index in [-0.39, 0.29) is 17.2 Å². The third-order valence-corrected chi connectivity index (χ3v) is 7.84. The van der Waals surface area contributed by atoms with Crippen molar-refractivity contribution in [3.05, 3.63) is 52.8 Å². The second-order valence-electron chi connectivity index (χ2n) is 10.1. The molecule has 1 N–H and O–H groups in total. The van der Waals surface area contributed by atoms with Gasteiger partial charge in [-0.25, -0.2) is 0 Å². The zero-order valence-corrected chi connectivity index (χ0v) is 19.7. The van der Waals surface area contributed by atoms with E-state index >= 15 is 0 Å². The number of nitrogens with zero attached hydrogens (tertiary/aromatic N) is 3. The molecule has 2 saturated carbocycles. The van der Waals surface area contributed by atoms with E-state index in [2.05, 4.69) is 11.9 Å². The molecule has 0 saturated heterocycles. The zero-order valence-electron chi connectivity index (χ0n) is 18.9. The standard InChI is InChI=1S/C26H30ClN3O2/c1-4-19(17-12-25(3,32)13-17)22(29-21-11-18(27)6-5-16(21)2)15-30-23-14-28-10-7-20(23)26(8-9-26)24(30)31/h5-7,10-11,14,17,19,32H,4,8-9,12-13,15H2,1-3H3. The van der Waals surface area contributed by atoms with Crippen LogP contribution in [0.3, 0.4) is 0 Å². The molecular formula is C26H30ClN3O2. The van der Waals surface area contributed by atoms with Crippen molar-refractivity contribution in [1.82, 2.24) is 4.98 Å². The van der Waals surface area contributed by atoms with Gasteiger partial charge in [0.1, 0.15) is 0 Å². The van der Waals surface area contributed by atoms with Gasteiger partial charge in [0.05, 0.1) is 35.1 Å². The molecule has 1 aliphatic heterocycles. The molecule has 5 rings (SSSR count). The SMILES string of the molecule is CCC(C(CN1C(=O)C2(CC2)c2ccncc21)=Nc1cc(Cl)ccc1C)C1CC(C)(O)C1. The smallest absolute Gasteiger partial charge is 0.238 e. The van der Waals surface area contributed by atoms with Crippen LogP contribution in [0.2, 0.25) is 5.02 Å². The van der Waals surface area contributed by atoms with Gasteiger partial charge in [0.25, 0.3) is 0 Å². The maximum absolute atomic E-state index is 13.5. The van der Waals surface area contributed by atoms with Crippen molar-refractivity contribution in [2.45, 2.75) is 63.9 Å². The van der Waals surface area contributed by atoms with Crippen LogP contribution in [0, 0.1) is 18.8 Å². The Morgan fingerprint density at radius 1 is 1.34 bits per heavy atom. The minimum absolute atomic E-state index is 0.173. The van der Waals surface area contributed by atoms with E-state index < -0.39 is 5.60 Å². The van der Waals surface area contributed by atoms with Crippen molar-refractivity contribution in [2.75, 3.05) is 11.4 Å². The predicted molar refractivity (Wildman–Crippen MR) is 128 cm³/mol. The second kappa shape index (κ2) is 7.67. The number of amides is 1. The number of hydrogen-bond donors (Lipinski definition) is 1. The van der Waals surface area contributed by atoms with Crippen molar-refractivity contribution in [3.63, 3.8) is 0 Å². The van der Waals surface area contributed by atoms with Crippen molar-refractivity contribution < 1.29 is 9.90 Å². The summed E-state index contributed by atoms with van der Waals surface area (Å²) in [6, 6.07) is 7.74. The molecule has 1 aromatic carbocycles. The highest BCUT2D eigenvalue weighted by molar-refractivity contribution is 6.30. The molecule has 32 heavy (non-hydrogen) atoms. The molecule has 1 amide bonds. The summed E-state index contributed by atoms with van der Waals surface area (Å²) in [6.07, 6.45) is 7.84. The van der Waals surface area contributed by atoms with Crippen molar-refractivity contribution in [2.24, 2.45) is 16.8 Å². The molecule has 0 radical (unpaired) electrons. The highest BCUT2D eigenvalue weighted by Crippen LogP contribution is 2.57. The maximum Gasteiger partial charge on any atom is 0.238 e. The number of fused-ring (bicyclic) bond motifs is 2. The summed E-state index contributed by atoms with van der Waals surface area (Å²) >= 11 is 6.28. The average Bonchev–Trinajstić information content (AvgIpc) is 3.51. The maximum atomic E-state index is 13.5. The summed E-state index contributed by atoms with van der Waals surface area (Å²) in [7, 11) is 0. The second-order valence-corrected chi connectivity index (χ2v) is 10.5. The lowest BCUT2D eigenvalue weighted by atomic mass is 9.64. The van der Waals surface area contributed by atoms with Crippen molar-refractivity contribution in [1.29, 1.82) is 0 Å². The fraction of sp³-hybridized carbons (Fsp3) is 0.500. The minimum Gasteiger partial charge on any atom is -0.390 e. The fourth-order valence-electron chi connectivity index (χ4n) is 5.70. The highest BCUT2D eigenvalue weighted by atomic mass is 35.5. The van der Waals surface area contributed by atoms with Gasteiger partial charge in [-0.3, -0.25) is 14.8 Å². The molecular weight excluding hydrogens is 422 g/mol. The van der Waals surface area contributed by atoms with Crippen molar-refractivity contribution in [3.8, 4) is 0 Å². The summed E-state index contributed by atoms with van der Waals surface area (Å²) in [6.45, 7) is 6.54. The summed E-state index contributed by atoms with van der Waals surface area (Å²) in [5, 5.41) is 11.0. The number of pyridine rings is 1. The molecule has 2 fully saturated rings. The third-order valence-electron chi connectivity index (χ3n) is 7.61. The van der Waals surface area contributed by atoms with E-state index in [1.165, 1.54) is 0 Å². The molecule has 2 aliphatic carbocycles. The number of carbonyl (C=O) groups excluding carboxylic acids is 1. The Labute approximate surface area is 194 Å². The topological polar surface area (TPSA) is 65.8 Å². The first-order valence-electron chi connectivity index (χ1n) is 11.6. The van der Waals surface area contributed by atoms with Gasteiger partial charge in [-0.2, -0.15) is 0 Å². The van der Waals surface area contributed by atoms with E-state index in [0.29, 0.717) is 17.5 Å². The number of rotatable bonds is 6. The Bertz CT molecular complexity index is 1100. The van der Waals surface area contributed by atoms with E-state index in [9.17, 15) is 9.90 Å². The summed E-state index contributed by atoms with van der Waals surface area (Å²) in [5.41, 5.74) is 3.95. The molecule has 6 heteroatoms. The molecule has 2 heterocycles. The lowest BCUT2D eigenvalue weighted by Crippen LogP contribution is -2.48. The van der Waals surface area contributed by atoms with Crippen LogP contribution in [0.1, 0.15) is 57.1 Å². The molecule has 1 atom stereocenters. The Morgan fingerprint density at radius 2 is 2.09 bits per heavy atom. The first-order valence-corrected chi connectivity index (χ1v) is 11.9. The van der Waals surface area contributed by atoms with Gasteiger partial charge in [0.15, 0.2) is 0 Å². The Hall–Kier alpha value is -2.24. The van der Waals surface area contributed by atoms with Crippen LogP contribution >= 0.6 is 11.6 Å². The molecule has 1 aromatic heterocycles. The van der Waals surface area contributed by atoms with E-state index in [0.717, 1.165) is 60.3 Å². The van der Waals surface area contributed by atoms with Gasteiger partial charge in [-0.05, 0) is 81.2 Å². The van der Waals surface area contributed by atoms with Crippen molar-refractivity contribution >= 4 is 34.6 Å². The van der Waals surface area contributed by atoms with Crippen LogP contribution in [-0.4, -0.2) is 33.9 Å². The molecule has 168 valence electrons. The van der Waals surface area contributed by atoms with Crippen LogP contribution in [0.25, 0.3) is 0 Å². The largest absolute Gasteiger partial charge is 0.390 e. The summed E-state index contributed by atoms with van der Waals surface area (Å²) in [4.78, 5) is 24.8. The Morgan fingerprint density at radius 3 is 2.75 bits per heavy atom. The van der Waals surface area contributed by atoms with Gasteiger partial charge in [0.2, 0.25) is 5.91 Å². The monoisotopic (exact) mass is 451 g/mol. The quantitative estimate of drug-likeness (QED) is 0.599. The number of aromatic nitrogens is 1. The van der Waals surface area contributed by atoms with Crippen LogP contribution in [0.15, 0.2) is 41.7 Å². The van der Waals surface area contributed by atoms with Crippen LogP contribution in [0.4, 0.5) is 11.4 Å². The number of halogens is 1. The van der Waals surface area contributed by atoms with Gasteiger partial charge in [0, 0.05) is 22.8 Å². The van der Waals surface area contributed by atoms with Gasteiger partial charge >= 0.3 is 0 Å². The van der Waals surface area contributed by atoms with Gasteiger partial charge in [-0.1, -0.05) is 24.6 Å². The average molecular weight is 452 g/mol. The van der Waals surface area contributed by atoms with E-state index in [1.54, 1.807) is 6.20 Å².